The molecule has 34 heavy (non-hydrogen) atoms. The molecule has 0 spiro atoms. The zero-order valence-electron chi connectivity index (χ0n) is 19.6. The zero-order chi connectivity index (χ0) is 24.4. The summed E-state index contributed by atoms with van der Waals surface area (Å²) in [6.07, 6.45) is 0. The summed E-state index contributed by atoms with van der Waals surface area (Å²) >= 11 is 1.50. The summed E-state index contributed by atoms with van der Waals surface area (Å²) in [5, 5.41) is 4.92. The van der Waals surface area contributed by atoms with Crippen LogP contribution in [0.1, 0.15) is 32.8 Å². The van der Waals surface area contributed by atoms with E-state index in [1.165, 1.54) is 32.7 Å². The topological polar surface area (TPSA) is 86.3 Å². The third-order valence-corrected chi connectivity index (χ3v) is 6.89. The Kier molecular flexibility index (Phi) is 6.65. The van der Waals surface area contributed by atoms with Gasteiger partial charge in [-0.15, -0.1) is 11.3 Å². The Morgan fingerprint density at radius 1 is 0.912 bits per heavy atom. The van der Waals surface area contributed by atoms with E-state index in [0.29, 0.717) is 39.8 Å². The van der Waals surface area contributed by atoms with Gasteiger partial charge in [-0.25, -0.2) is 0 Å². The van der Waals surface area contributed by atoms with Crippen molar-refractivity contribution >= 4 is 28.8 Å². The Morgan fingerprint density at radius 3 is 2.18 bits per heavy atom. The largest absolute Gasteiger partial charge is 0.493 e. The molecule has 2 amide bonds. The molecule has 9 heteroatoms. The lowest BCUT2D eigenvalue weighted by atomic mass is 9.81. The Hall–Kier alpha value is -3.72. The van der Waals surface area contributed by atoms with E-state index < -0.39 is 12.0 Å². The van der Waals surface area contributed by atoms with Crippen molar-refractivity contribution in [3.05, 3.63) is 63.8 Å². The molecule has 1 aliphatic heterocycles. The van der Waals surface area contributed by atoms with Crippen LogP contribution in [0.3, 0.4) is 0 Å². The highest BCUT2D eigenvalue weighted by Gasteiger charge is 2.44. The highest BCUT2D eigenvalue weighted by Crippen LogP contribution is 2.47. The summed E-state index contributed by atoms with van der Waals surface area (Å²) < 4.78 is 21.5. The SMILES string of the molecule is COc1ccc(NC(=O)[C@@H]2c3cc(OC)c(OC)cc3C(=O)N(C)[C@@H]2c2cccs2)cc1OC. The molecule has 0 bridgehead atoms. The summed E-state index contributed by atoms with van der Waals surface area (Å²) in [5.41, 5.74) is 1.53. The second-order valence-electron chi connectivity index (χ2n) is 7.71. The molecule has 2 atom stereocenters. The fourth-order valence-corrected chi connectivity index (χ4v) is 5.19. The molecular weight excluding hydrogens is 456 g/mol. The number of nitrogens with one attached hydrogen (secondary N) is 1. The van der Waals surface area contributed by atoms with Crippen LogP contribution in [0.15, 0.2) is 47.8 Å². The van der Waals surface area contributed by atoms with Gasteiger partial charge in [0.2, 0.25) is 5.91 Å². The van der Waals surface area contributed by atoms with Gasteiger partial charge in [0.05, 0.1) is 40.4 Å². The number of carbonyl (C=O) groups is 2. The lowest BCUT2D eigenvalue weighted by molar-refractivity contribution is -0.119. The maximum atomic E-state index is 13.8. The van der Waals surface area contributed by atoms with Crippen molar-refractivity contribution in [3.8, 4) is 23.0 Å². The van der Waals surface area contributed by atoms with Gasteiger partial charge >= 0.3 is 0 Å². The lowest BCUT2D eigenvalue weighted by Gasteiger charge is -2.39. The van der Waals surface area contributed by atoms with Crippen molar-refractivity contribution in [2.75, 3.05) is 40.8 Å². The van der Waals surface area contributed by atoms with E-state index in [-0.39, 0.29) is 11.8 Å². The molecule has 0 unspecified atom stereocenters. The summed E-state index contributed by atoms with van der Waals surface area (Å²) in [4.78, 5) is 29.7. The molecule has 178 valence electrons. The number of amides is 2. The molecule has 1 aliphatic rings. The summed E-state index contributed by atoms with van der Waals surface area (Å²) in [5.74, 6) is 0.788. The minimum absolute atomic E-state index is 0.190. The third-order valence-electron chi connectivity index (χ3n) is 5.94. The van der Waals surface area contributed by atoms with Crippen LogP contribution >= 0.6 is 11.3 Å². The molecular formula is C25H26N2O6S. The number of fused-ring (bicyclic) bond motifs is 1. The van der Waals surface area contributed by atoms with Crippen molar-refractivity contribution < 1.29 is 28.5 Å². The second kappa shape index (κ2) is 9.64. The van der Waals surface area contributed by atoms with Crippen LogP contribution in [0.2, 0.25) is 0 Å². The highest BCUT2D eigenvalue weighted by molar-refractivity contribution is 7.10. The van der Waals surface area contributed by atoms with Crippen molar-refractivity contribution in [3.63, 3.8) is 0 Å². The molecule has 0 radical (unpaired) electrons. The normalized spacial score (nSPS) is 17.1. The maximum Gasteiger partial charge on any atom is 0.254 e. The number of anilines is 1. The number of hydrogen-bond acceptors (Lipinski definition) is 7. The molecule has 1 aromatic heterocycles. The Morgan fingerprint density at radius 2 is 1.56 bits per heavy atom. The van der Waals surface area contributed by atoms with E-state index in [1.54, 1.807) is 49.4 Å². The van der Waals surface area contributed by atoms with Crippen LogP contribution in [-0.2, 0) is 4.79 Å². The number of methoxy groups -OCH3 is 4. The molecule has 2 heterocycles. The first-order chi connectivity index (χ1) is 16.4. The first kappa shape index (κ1) is 23.4. The number of carbonyl (C=O) groups excluding carboxylic acids is 2. The first-order valence-corrected chi connectivity index (χ1v) is 11.4. The standard InChI is InChI=1S/C25H26N2O6S/c1-27-23(21-7-6-10-34-21)22(15-12-19(32-4)20(33-5)13-16(15)25(27)29)24(28)26-14-8-9-17(30-2)18(11-14)31-3/h6-13,22-23H,1-5H3,(H,26,28)/t22-,23-/m1/s1. The van der Waals surface area contributed by atoms with Gasteiger partial charge in [-0.3, -0.25) is 9.59 Å². The minimum atomic E-state index is -0.691. The summed E-state index contributed by atoms with van der Waals surface area (Å²) in [6.45, 7) is 0. The Balaban J connectivity index is 1.82. The van der Waals surface area contributed by atoms with Gasteiger partial charge in [-0.2, -0.15) is 0 Å². The van der Waals surface area contributed by atoms with Gasteiger partial charge in [-0.05, 0) is 41.3 Å². The minimum Gasteiger partial charge on any atom is -0.493 e. The Bertz CT molecular complexity index is 1210. The lowest BCUT2D eigenvalue weighted by Crippen LogP contribution is -2.43. The predicted molar refractivity (Wildman–Crippen MR) is 130 cm³/mol. The van der Waals surface area contributed by atoms with Crippen LogP contribution in [0.5, 0.6) is 23.0 Å². The smallest absolute Gasteiger partial charge is 0.254 e. The number of likely N-dealkylation sites (N-methyl/N-ethyl adjacent to an activating group) is 1. The van der Waals surface area contributed by atoms with Crippen molar-refractivity contribution in [1.29, 1.82) is 0 Å². The third kappa shape index (κ3) is 4.03. The molecule has 0 saturated carbocycles. The van der Waals surface area contributed by atoms with E-state index in [9.17, 15) is 9.59 Å². The van der Waals surface area contributed by atoms with Gasteiger partial charge in [-0.1, -0.05) is 6.07 Å². The first-order valence-electron chi connectivity index (χ1n) is 10.5. The van der Waals surface area contributed by atoms with Crippen LogP contribution in [0.25, 0.3) is 0 Å². The second-order valence-corrected chi connectivity index (χ2v) is 8.69. The predicted octanol–water partition coefficient (Wildman–Crippen LogP) is 4.33. The molecule has 0 aliphatic carbocycles. The average Bonchev–Trinajstić information content (AvgIpc) is 3.39. The van der Waals surface area contributed by atoms with Gasteiger partial charge in [0.25, 0.3) is 5.91 Å². The van der Waals surface area contributed by atoms with E-state index in [2.05, 4.69) is 5.32 Å². The molecule has 3 aromatic rings. The van der Waals surface area contributed by atoms with E-state index in [1.807, 2.05) is 17.5 Å². The van der Waals surface area contributed by atoms with Crippen LogP contribution in [0.4, 0.5) is 5.69 Å². The highest BCUT2D eigenvalue weighted by atomic mass is 32.1. The summed E-state index contributed by atoms with van der Waals surface area (Å²) in [6, 6.07) is 11.9. The van der Waals surface area contributed by atoms with Gasteiger partial charge in [0, 0.05) is 29.2 Å². The fourth-order valence-electron chi connectivity index (χ4n) is 4.28. The van der Waals surface area contributed by atoms with Crippen LogP contribution in [-0.4, -0.2) is 52.2 Å². The van der Waals surface area contributed by atoms with Crippen molar-refractivity contribution in [1.82, 2.24) is 4.90 Å². The average molecular weight is 483 g/mol. The fraction of sp³-hybridized carbons (Fsp3) is 0.280. The van der Waals surface area contributed by atoms with Crippen molar-refractivity contribution in [2.24, 2.45) is 0 Å². The maximum absolute atomic E-state index is 13.8. The molecule has 0 fully saturated rings. The number of nitrogens with zero attached hydrogens (tertiary/aromatic N) is 1. The zero-order valence-corrected chi connectivity index (χ0v) is 20.4. The van der Waals surface area contributed by atoms with Crippen molar-refractivity contribution in [2.45, 2.75) is 12.0 Å². The van der Waals surface area contributed by atoms with E-state index in [4.69, 9.17) is 18.9 Å². The number of ether oxygens (including phenoxy) is 4. The summed E-state index contributed by atoms with van der Waals surface area (Å²) in [7, 11) is 7.83. The van der Waals surface area contributed by atoms with Crippen LogP contribution in [0, 0.1) is 0 Å². The number of rotatable bonds is 7. The monoisotopic (exact) mass is 482 g/mol. The van der Waals surface area contributed by atoms with Crippen LogP contribution < -0.4 is 24.3 Å². The van der Waals surface area contributed by atoms with E-state index in [0.717, 1.165) is 4.88 Å². The van der Waals surface area contributed by atoms with Gasteiger partial charge < -0.3 is 29.2 Å². The molecule has 4 rings (SSSR count). The van der Waals surface area contributed by atoms with Gasteiger partial charge in [0.1, 0.15) is 0 Å². The quantitative estimate of drug-likeness (QED) is 0.540. The number of benzene rings is 2. The molecule has 8 nitrogen and oxygen atoms in total. The molecule has 0 saturated heterocycles. The number of hydrogen-bond donors (Lipinski definition) is 1. The number of thiophene rings is 1. The van der Waals surface area contributed by atoms with Gasteiger partial charge in [0.15, 0.2) is 23.0 Å². The molecule has 2 aromatic carbocycles. The molecule has 1 N–H and O–H groups in total. The van der Waals surface area contributed by atoms with E-state index >= 15 is 0 Å². The Labute approximate surface area is 202 Å².